The monoisotopic (exact) mass is 495 g/mol. The number of aromatic nitrogens is 1. The molecule has 1 aromatic heterocycles. The van der Waals surface area contributed by atoms with Crippen molar-refractivity contribution in [2.75, 3.05) is 26.0 Å². The van der Waals surface area contributed by atoms with Crippen LogP contribution in [0.5, 0.6) is 5.75 Å². The zero-order valence-corrected chi connectivity index (χ0v) is 20.9. The van der Waals surface area contributed by atoms with Crippen molar-refractivity contribution in [2.45, 2.75) is 44.6 Å². The van der Waals surface area contributed by atoms with E-state index in [4.69, 9.17) is 11.6 Å². The highest BCUT2D eigenvalue weighted by molar-refractivity contribution is 6.32. The molecule has 2 fully saturated rings. The topological polar surface area (TPSA) is 65.5 Å². The van der Waals surface area contributed by atoms with Gasteiger partial charge in [-0.1, -0.05) is 17.7 Å². The van der Waals surface area contributed by atoms with Gasteiger partial charge in [-0.15, -0.1) is 0 Å². The second-order valence-electron chi connectivity index (χ2n) is 10.2. The van der Waals surface area contributed by atoms with Crippen LogP contribution in [0.15, 0.2) is 36.5 Å². The van der Waals surface area contributed by atoms with Gasteiger partial charge in [0.25, 0.3) is 0 Å². The molecule has 2 N–H and O–H groups in total. The van der Waals surface area contributed by atoms with Crippen molar-refractivity contribution in [1.29, 1.82) is 0 Å². The van der Waals surface area contributed by atoms with Crippen LogP contribution in [0.2, 0.25) is 5.02 Å². The zero-order chi connectivity index (χ0) is 24.7. The number of ketones is 1. The molecule has 0 unspecified atom stereocenters. The van der Waals surface area contributed by atoms with Gasteiger partial charge in [0.05, 0.1) is 21.8 Å². The van der Waals surface area contributed by atoms with Crippen LogP contribution < -0.4 is 5.32 Å². The van der Waals surface area contributed by atoms with Crippen LogP contribution in [0.3, 0.4) is 0 Å². The van der Waals surface area contributed by atoms with Gasteiger partial charge in [0.15, 0.2) is 17.3 Å². The summed E-state index contributed by atoms with van der Waals surface area (Å²) in [6.07, 6.45) is 8.23. The Hall–Kier alpha value is -2.70. The Balaban J connectivity index is 1.50. The van der Waals surface area contributed by atoms with Crippen LogP contribution in [-0.4, -0.2) is 47.5 Å². The van der Waals surface area contributed by atoms with Gasteiger partial charge in [-0.25, -0.2) is 4.39 Å². The third kappa shape index (κ3) is 5.00. The van der Waals surface area contributed by atoms with Crippen LogP contribution in [0.25, 0.3) is 22.0 Å². The lowest BCUT2D eigenvalue weighted by Crippen LogP contribution is -2.33. The molecule has 5 nitrogen and oxygen atoms in total. The van der Waals surface area contributed by atoms with Crippen LogP contribution >= 0.6 is 11.6 Å². The van der Waals surface area contributed by atoms with Gasteiger partial charge in [0, 0.05) is 30.1 Å². The lowest BCUT2D eigenvalue weighted by Gasteiger charge is -2.33. The smallest absolute Gasteiger partial charge is 0.170 e. The van der Waals surface area contributed by atoms with Gasteiger partial charge in [-0.3, -0.25) is 9.78 Å². The first-order valence-corrected chi connectivity index (χ1v) is 12.7. The molecule has 0 amide bonds. The minimum absolute atomic E-state index is 0.0393. The van der Waals surface area contributed by atoms with Crippen molar-refractivity contribution in [1.82, 2.24) is 9.88 Å². The molecule has 5 rings (SSSR count). The first-order valence-electron chi connectivity index (χ1n) is 12.4. The fourth-order valence-electron chi connectivity index (χ4n) is 5.16. The number of Topliss-reactive ketones (excluding diaryl/α,β-unsaturated/α-hetero) is 1. The maximum atomic E-state index is 14.2. The van der Waals surface area contributed by atoms with Crippen LogP contribution in [0.4, 0.5) is 10.1 Å². The predicted molar refractivity (Wildman–Crippen MR) is 139 cm³/mol. The number of nitrogens with zero attached hydrogens (tertiary/aromatic N) is 2. The molecule has 35 heavy (non-hydrogen) atoms. The van der Waals surface area contributed by atoms with Crippen molar-refractivity contribution < 1.29 is 14.3 Å². The maximum absolute atomic E-state index is 14.2. The second-order valence-corrected chi connectivity index (χ2v) is 10.6. The Kier molecular flexibility index (Phi) is 6.69. The van der Waals surface area contributed by atoms with E-state index in [2.05, 4.69) is 29.3 Å². The van der Waals surface area contributed by atoms with Gasteiger partial charge in [-0.2, -0.15) is 0 Å². The van der Waals surface area contributed by atoms with Crippen molar-refractivity contribution in [3.05, 3.63) is 52.9 Å². The Morgan fingerprint density at radius 1 is 1.11 bits per heavy atom. The largest absolute Gasteiger partial charge is 0.504 e. The Bertz CT molecular complexity index is 1240. The molecule has 3 aromatic rings. The average Bonchev–Trinajstić information content (AvgIpc) is 3.70. The number of rotatable bonds is 7. The molecule has 0 saturated heterocycles. The summed E-state index contributed by atoms with van der Waals surface area (Å²) in [5, 5.41) is 14.1. The van der Waals surface area contributed by atoms with Crippen molar-refractivity contribution in [3.8, 4) is 16.9 Å². The standard InChI is InChI=1S/C28H31ClFN3O2/c1-33(2)20-8-3-16(4-9-20)14-32-26-21-11-18(19-12-23(29)28(35)24(30)13-19)7-10-25(21)31-15-22(26)27(34)17-5-6-17/h7,10-13,15-17,20,35H,3-6,8-9,14H2,1-2H3,(H,31,32)/t16-,20-. The number of aromatic hydroxyl groups is 1. The maximum Gasteiger partial charge on any atom is 0.170 e. The van der Waals surface area contributed by atoms with Crippen molar-refractivity contribution in [3.63, 3.8) is 0 Å². The van der Waals surface area contributed by atoms with E-state index < -0.39 is 11.6 Å². The van der Waals surface area contributed by atoms with Crippen LogP contribution in [0, 0.1) is 17.7 Å². The summed E-state index contributed by atoms with van der Waals surface area (Å²) in [4.78, 5) is 20.0. The number of fused-ring (bicyclic) bond motifs is 1. The van der Waals surface area contributed by atoms with Gasteiger partial charge < -0.3 is 15.3 Å². The first kappa shape index (κ1) is 24.0. The molecular formula is C28H31ClFN3O2. The molecule has 2 aromatic carbocycles. The quantitative estimate of drug-likeness (QED) is 0.365. The third-order valence-corrected chi connectivity index (χ3v) is 7.83. The third-order valence-electron chi connectivity index (χ3n) is 7.55. The fourth-order valence-corrected chi connectivity index (χ4v) is 5.37. The number of pyridine rings is 1. The number of halogens is 2. The molecule has 7 heteroatoms. The Labute approximate surface area is 210 Å². The number of benzene rings is 2. The van der Waals surface area contributed by atoms with Gasteiger partial charge >= 0.3 is 0 Å². The minimum atomic E-state index is -0.768. The number of phenols is 1. The summed E-state index contributed by atoms with van der Waals surface area (Å²) in [5.41, 5.74) is 3.51. The van der Waals surface area contributed by atoms with Gasteiger partial charge in [0.2, 0.25) is 0 Å². The van der Waals surface area contributed by atoms with E-state index >= 15 is 0 Å². The highest BCUT2D eigenvalue weighted by Crippen LogP contribution is 2.39. The highest BCUT2D eigenvalue weighted by atomic mass is 35.5. The van der Waals surface area contributed by atoms with Gasteiger partial charge in [0.1, 0.15) is 0 Å². The molecular weight excluding hydrogens is 465 g/mol. The van der Waals surface area contributed by atoms with E-state index in [1.54, 1.807) is 12.3 Å². The molecule has 184 valence electrons. The molecule has 0 spiro atoms. The highest BCUT2D eigenvalue weighted by Gasteiger charge is 2.33. The number of carbonyl (C=O) groups is 1. The summed E-state index contributed by atoms with van der Waals surface area (Å²) in [7, 11) is 4.29. The summed E-state index contributed by atoms with van der Waals surface area (Å²) in [5.74, 6) is -0.552. The number of anilines is 1. The van der Waals surface area contributed by atoms with E-state index in [1.807, 2.05) is 18.2 Å². The molecule has 2 aliphatic carbocycles. The molecule has 0 bridgehead atoms. The summed E-state index contributed by atoms with van der Waals surface area (Å²) in [6, 6.07) is 9.11. The van der Waals surface area contributed by atoms with E-state index in [0.29, 0.717) is 23.1 Å². The normalized spacial score (nSPS) is 20.4. The number of hydrogen-bond acceptors (Lipinski definition) is 5. The SMILES string of the molecule is CN(C)[C@H]1CC[C@H](CNc2c(C(=O)C3CC3)cnc3ccc(-c4cc(F)c(O)c(Cl)c4)cc23)CC1. The first-order chi connectivity index (χ1) is 16.8. The average molecular weight is 496 g/mol. The molecule has 2 aliphatic rings. The summed E-state index contributed by atoms with van der Waals surface area (Å²) >= 11 is 6.03. The zero-order valence-electron chi connectivity index (χ0n) is 20.2. The van der Waals surface area contributed by atoms with Crippen molar-refractivity contribution >= 4 is 34.0 Å². The van der Waals surface area contributed by atoms with Crippen LogP contribution in [0.1, 0.15) is 48.9 Å². The Morgan fingerprint density at radius 3 is 2.51 bits per heavy atom. The predicted octanol–water partition coefficient (Wildman–Crippen LogP) is 6.52. The van der Waals surface area contributed by atoms with E-state index in [1.165, 1.54) is 18.9 Å². The molecule has 1 heterocycles. The van der Waals surface area contributed by atoms with E-state index in [9.17, 15) is 14.3 Å². The lowest BCUT2D eigenvalue weighted by molar-refractivity contribution is 0.0968. The van der Waals surface area contributed by atoms with Gasteiger partial charge in [-0.05, 0) is 93.9 Å². The van der Waals surface area contributed by atoms with Crippen molar-refractivity contribution in [2.24, 2.45) is 11.8 Å². The number of phenolic OH excluding ortho intramolecular Hbond substituents is 1. The van der Waals surface area contributed by atoms with E-state index in [0.717, 1.165) is 54.4 Å². The fraction of sp³-hybridized carbons (Fsp3) is 0.429. The summed E-state index contributed by atoms with van der Waals surface area (Å²) < 4.78 is 14.2. The Morgan fingerprint density at radius 2 is 1.86 bits per heavy atom. The number of carbonyl (C=O) groups excluding carboxylic acids is 1. The minimum Gasteiger partial charge on any atom is -0.504 e. The summed E-state index contributed by atoms with van der Waals surface area (Å²) in [6.45, 7) is 0.800. The molecule has 2 saturated carbocycles. The van der Waals surface area contributed by atoms with Crippen LogP contribution in [-0.2, 0) is 0 Å². The van der Waals surface area contributed by atoms with E-state index in [-0.39, 0.29) is 16.7 Å². The molecule has 0 aliphatic heterocycles. The number of nitrogens with one attached hydrogen (secondary N) is 1. The molecule has 0 radical (unpaired) electrons. The number of hydrogen-bond donors (Lipinski definition) is 2. The second kappa shape index (κ2) is 9.75. The molecule has 0 atom stereocenters. The lowest BCUT2D eigenvalue weighted by atomic mass is 9.85.